The first kappa shape index (κ1) is 26.0. The van der Waals surface area contributed by atoms with Crippen molar-refractivity contribution in [3.63, 3.8) is 0 Å². The van der Waals surface area contributed by atoms with E-state index in [2.05, 4.69) is 29.6 Å². The fraction of sp³-hybridized carbons (Fsp3) is 0.300. The van der Waals surface area contributed by atoms with Gasteiger partial charge in [-0.1, -0.05) is 66.7 Å². The molecule has 2 aliphatic rings. The lowest BCUT2D eigenvalue weighted by Crippen LogP contribution is -2.41. The number of nitrogens with two attached hydrogens (primary N) is 1. The minimum Gasteiger partial charge on any atom is -0.449 e. The van der Waals surface area contributed by atoms with E-state index in [1.54, 1.807) is 18.2 Å². The number of carbonyl (C=O) groups excluding carboxylic acids is 1. The van der Waals surface area contributed by atoms with Gasteiger partial charge in [0.15, 0.2) is 5.82 Å². The molecule has 1 saturated heterocycles. The standard InChI is InChI=1S/C30H32BFN2O4/c1-29(2)30(3,4)38-31(37-29)20(16-19-10-9-15-26(33)27(19)32)17-34-28(35)36-18-25-23-13-7-5-11-21(23)22-12-6-8-14-24(22)25/h5-16,25H,17-18,33H2,1-4H3,(H,34,35). The lowest BCUT2D eigenvalue weighted by atomic mass is 9.77. The van der Waals surface area contributed by atoms with E-state index in [1.807, 2.05) is 52.0 Å². The molecule has 1 aliphatic heterocycles. The molecule has 1 heterocycles. The Morgan fingerprint density at radius 2 is 1.55 bits per heavy atom. The highest BCUT2D eigenvalue weighted by Crippen LogP contribution is 2.44. The van der Waals surface area contributed by atoms with Gasteiger partial charge in [0.1, 0.15) is 6.61 Å². The molecule has 0 spiro atoms. The molecule has 3 aromatic rings. The summed E-state index contributed by atoms with van der Waals surface area (Å²) in [5.41, 5.74) is 10.0. The summed E-state index contributed by atoms with van der Waals surface area (Å²) in [6, 6.07) is 21.1. The molecule has 5 rings (SSSR count). The average Bonchev–Trinajstić information content (AvgIpc) is 3.32. The zero-order valence-corrected chi connectivity index (χ0v) is 22.1. The molecule has 0 saturated carbocycles. The van der Waals surface area contributed by atoms with Crippen molar-refractivity contribution in [3.05, 3.63) is 94.7 Å². The smallest absolute Gasteiger partial charge is 0.449 e. The number of fused-ring (bicyclic) bond motifs is 3. The number of benzene rings is 3. The Morgan fingerprint density at radius 3 is 2.16 bits per heavy atom. The Bertz CT molecular complexity index is 1340. The maximum Gasteiger partial charge on any atom is 0.492 e. The largest absolute Gasteiger partial charge is 0.492 e. The summed E-state index contributed by atoms with van der Waals surface area (Å²) in [4.78, 5) is 12.8. The van der Waals surface area contributed by atoms with Gasteiger partial charge in [0.05, 0.1) is 16.9 Å². The van der Waals surface area contributed by atoms with Gasteiger partial charge in [0, 0.05) is 18.0 Å². The van der Waals surface area contributed by atoms with Crippen LogP contribution in [0.4, 0.5) is 14.9 Å². The molecule has 0 atom stereocenters. The Morgan fingerprint density at radius 1 is 0.974 bits per heavy atom. The molecule has 196 valence electrons. The first-order chi connectivity index (χ1) is 18.1. The van der Waals surface area contributed by atoms with Crippen LogP contribution in [-0.2, 0) is 14.0 Å². The fourth-order valence-corrected chi connectivity index (χ4v) is 4.90. The van der Waals surface area contributed by atoms with E-state index in [0.717, 1.165) is 22.3 Å². The molecule has 0 radical (unpaired) electrons. The second-order valence-electron chi connectivity index (χ2n) is 10.7. The lowest BCUT2D eigenvalue weighted by molar-refractivity contribution is 0.00578. The summed E-state index contributed by atoms with van der Waals surface area (Å²) >= 11 is 0. The number of halogens is 1. The summed E-state index contributed by atoms with van der Waals surface area (Å²) < 4.78 is 32.8. The first-order valence-electron chi connectivity index (χ1n) is 12.8. The Hall–Kier alpha value is -3.62. The molecule has 0 bridgehead atoms. The second-order valence-corrected chi connectivity index (χ2v) is 10.7. The van der Waals surface area contributed by atoms with Gasteiger partial charge in [-0.05, 0) is 61.5 Å². The summed E-state index contributed by atoms with van der Waals surface area (Å²) in [6.07, 6.45) is 1.03. The van der Waals surface area contributed by atoms with E-state index in [0.29, 0.717) is 5.47 Å². The van der Waals surface area contributed by atoms with Crippen LogP contribution in [0.2, 0.25) is 0 Å². The molecule has 1 amide bonds. The maximum absolute atomic E-state index is 14.7. The zero-order valence-electron chi connectivity index (χ0n) is 22.1. The molecule has 3 aromatic carbocycles. The number of alkyl carbamates (subject to hydrolysis) is 1. The first-order valence-corrected chi connectivity index (χ1v) is 12.8. The van der Waals surface area contributed by atoms with E-state index in [9.17, 15) is 9.18 Å². The number of nitrogen functional groups attached to an aromatic ring is 1. The number of hydrogen-bond acceptors (Lipinski definition) is 5. The van der Waals surface area contributed by atoms with Crippen molar-refractivity contribution in [1.29, 1.82) is 0 Å². The number of hydrogen-bond donors (Lipinski definition) is 2. The van der Waals surface area contributed by atoms with Crippen LogP contribution in [0.25, 0.3) is 17.2 Å². The Kier molecular flexibility index (Phi) is 6.80. The summed E-state index contributed by atoms with van der Waals surface area (Å²) in [5.74, 6) is -0.588. The number of ether oxygens (including phenoxy) is 1. The van der Waals surface area contributed by atoms with Gasteiger partial charge < -0.3 is 25.1 Å². The van der Waals surface area contributed by atoms with Crippen molar-refractivity contribution in [2.24, 2.45) is 0 Å². The van der Waals surface area contributed by atoms with Crippen LogP contribution < -0.4 is 11.1 Å². The molecule has 0 unspecified atom stereocenters. The van der Waals surface area contributed by atoms with Crippen molar-refractivity contribution in [2.45, 2.75) is 44.8 Å². The third kappa shape index (κ3) is 4.82. The minimum absolute atomic E-state index is 0.0384. The quantitative estimate of drug-likeness (QED) is 0.313. The van der Waals surface area contributed by atoms with Crippen LogP contribution in [0, 0.1) is 5.82 Å². The van der Waals surface area contributed by atoms with Crippen LogP contribution >= 0.6 is 0 Å². The highest BCUT2D eigenvalue weighted by molar-refractivity contribution is 6.56. The van der Waals surface area contributed by atoms with Gasteiger partial charge >= 0.3 is 13.2 Å². The van der Waals surface area contributed by atoms with E-state index in [-0.39, 0.29) is 30.3 Å². The number of rotatable bonds is 6. The monoisotopic (exact) mass is 514 g/mol. The van der Waals surface area contributed by atoms with Crippen LogP contribution in [0.15, 0.2) is 72.2 Å². The normalized spacial score (nSPS) is 17.7. The van der Waals surface area contributed by atoms with Crippen molar-refractivity contribution in [3.8, 4) is 11.1 Å². The van der Waals surface area contributed by atoms with Gasteiger partial charge in [-0.15, -0.1) is 0 Å². The molecular weight excluding hydrogens is 482 g/mol. The van der Waals surface area contributed by atoms with Crippen LogP contribution in [-0.4, -0.2) is 37.6 Å². The zero-order chi connectivity index (χ0) is 27.1. The SMILES string of the molecule is CC1(C)OB(C(=Cc2cccc(N)c2F)CNC(=O)OCC2c3ccccc3-c3ccccc32)OC1(C)C. The Balaban J connectivity index is 1.31. The van der Waals surface area contributed by atoms with Crippen LogP contribution in [0.5, 0.6) is 0 Å². The van der Waals surface area contributed by atoms with Crippen LogP contribution in [0.1, 0.15) is 50.3 Å². The van der Waals surface area contributed by atoms with Gasteiger partial charge in [-0.25, -0.2) is 9.18 Å². The average molecular weight is 514 g/mol. The molecular formula is C30H32BFN2O4. The minimum atomic E-state index is -0.783. The molecule has 8 heteroatoms. The van der Waals surface area contributed by atoms with Crippen LogP contribution in [0.3, 0.4) is 0 Å². The Labute approximate surface area is 223 Å². The van der Waals surface area contributed by atoms with Gasteiger partial charge in [-0.3, -0.25) is 0 Å². The molecule has 6 nitrogen and oxygen atoms in total. The van der Waals surface area contributed by atoms with Gasteiger partial charge in [-0.2, -0.15) is 0 Å². The highest BCUT2D eigenvalue weighted by atomic mass is 19.1. The topological polar surface area (TPSA) is 82.8 Å². The molecule has 1 aliphatic carbocycles. The van der Waals surface area contributed by atoms with E-state index < -0.39 is 30.2 Å². The third-order valence-electron chi connectivity index (χ3n) is 7.74. The maximum atomic E-state index is 14.7. The fourth-order valence-electron chi connectivity index (χ4n) is 4.90. The number of nitrogens with one attached hydrogen (secondary N) is 1. The van der Waals surface area contributed by atoms with E-state index >= 15 is 0 Å². The summed E-state index contributed by atoms with van der Waals surface area (Å²) in [6.45, 7) is 7.98. The summed E-state index contributed by atoms with van der Waals surface area (Å²) in [5, 5.41) is 2.80. The van der Waals surface area contributed by atoms with Crippen molar-refractivity contribution < 1.29 is 23.2 Å². The molecule has 0 aromatic heterocycles. The second kappa shape index (κ2) is 9.93. The predicted octanol–water partition coefficient (Wildman–Crippen LogP) is 5.96. The number of amides is 1. The van der Waals surface area contributed by atoms with E-state index in [1.165, 1.54) is 6.07 Å². The molecule has 3 N–H and O–H groups in total. The molecule has 38 heavy (non-hydrogen) atoms. The number of anilines is 1. The predicted molar refractivity (Wildman–Crippen MR) is 148 cm³/mol. The highest BCUT2D eigenvalue weighted by Gasteiger charge is 2.52. The number of carbonyl (C=O) groups is 1. The van der Waals surface area contributed by atoms with Crippen molar-refractivity contribution in [1.82, 2.24) is 5.32 Å². The molecule has 1 fully saturated rings. The summed E-state index contributed by atoms with van der Waals surface area (Å²) in [7, 11) is -0.783. The van der Waals surface area contributed by atoms with Gasteiger partial charge in [0.2, 0.25) is 0 Å². The van der Waals surface area contributed by atoms with E-state index in [4.69, 9.17) is 19.8 Å². The van der Waals surface area contributed by atoms with Crippen molar-refractivity contribution >= 4 is 25.0 Å². The lowest BCUT2D eigenvalue weighted by Gasteiger charge is -2.32. The third-order valence-corrected chi connectivity index (χ3v) is 7.74. The van der Waals surface area contributed by atoms with Gasteiger partial charge in [0.25, 0.3) is 0 Å². The van der Waals surface area contributed by atoms with Crippen molar-refractivity contribution in [2.75, 3.05) is 18.9 Å².